The molecule has 0 aliphatic carbocycles. The van der Waals surface area contributed by atoms with E-state index in [4.69, 9.17) is 21.6 Å². The highest BCUT2D eigenvalue weighted by Crippen LogP contribution is 2.34. The Hall–Kier alpha value is -3.84. The molecule has 13 heteroatoms. The molecular formula is C27H23ClN6O4S2. The van der Waals surface area contributed by atoms with E-state index in [1.165, 1.54) is 27.8 Å². The Bertz CT molecular complexity index is 1800. The van der Waals surface area contributed by atoms with E-state index in [1.807, 2.05) is 16.0 Å². The van der Waals surface area contributed by atoms with Crippen LogP contribution in [0.2, 0.25) is 5.02 Å². The Morgan fingerprint density at radius 2 is 1.85 bits per heavy atom. The summed E-state index contributed by atoms with van der Waals surface area (Å²) in [7, 11) is -3.66. The van der Waals surface area contributed by atoms with Crippen LogP contribution >= 0.6 is 22.9 Å². The number of benzene rings is 2. The Morgan fingerprint density at radius 1 is 1.07 bits per heavy atom. The minimum absolute atomic E-state index is 0.180. The fraction of sp³-hybridized carbons (Fsp3) is 0.185. The number of imidazole rings is 1. The van der Waals surface area contributed by atoms with Gasteiger partial charge >= 0.3 is 5.97 Å². The summed E-state index contributed by atoms with van der Waals surface area (Å²) in [5.74, 6) is -0.614. The molecule has 2 N–H and O–H groups in total. The molecule has 4 heterocycles. The van der Waals surface area contributed by atoms with Crippen LogP contribution in [0.1, 0.15) is 23.2 Å². The lowest BCUT2D eigenvalue weighted by Crippen LogP contribution is -2.45. The number of carbonyl (C=O) groups is 1. The Kier molecular flexibility index (Phi) is 7.00. The number of thiazole rings is 1. The summed E-state index contributed by atoms with van der Waals surface area (Å²) in [6.45, 7) is 0.710. The maximum atomic E-state index is 13.2. The van der Waals surface area contributed by atoms with Gasteiger partial charge < -0.3 is 10.4 Å². The summed E-state index contributed by atoms with van der Waals surface area (Å²) in [4.78, 5) is 26.3. The summed E-state index contributed by atoms with van der Waals surface area (Å²) in [6.07, 6.45) is 5.02. The molecule has 0 spiro atoms. The molecule has 2 aromatic carbocycles. The summed E-state index contributed by atoms with van der Waals surface area (Å²) >= 11 is 7.42. The lowest BCUT2D eigenvalue weighted by molar-refractivity contribution is 0.0697. The predicted octanol–water partition coefficient (Wildman–Crippen LogP) is 5.14. The fourth-order valence-corrected chi connectivity index (χ4v) is 7.14. The Labute approximate surface area is 239 Å². The second-order valence-electron chi connectivity index (χ2n) is 9.31. The van der Waals surface area contributed by atoms with Crippen molar-refractivity contribution in [3.8, 4) is 22.6 Å². The number of aromatic nitrogens is 4. The molecule has 1 aliphatic rings. The van der Waals surface area contributed by atoms with Gasteiger partial charge in [-0.25, -0.2) is 28.2 Å². The standard InChI is InChI=1S/C27H23ClN6O4S2/c28-19-7-9-21(10-8-19)40(37,38)33-13-1-2-20(16-33)30-26-29-12-11-22(31-26)24-23(32-27-34(24)14-15-39-27)17-3-5-18(6-4-17)25(35)36/h3-12,14-15,20H,1-2,13,16H2,(H,35,36)(H,29,30,31)/t20-/m1/s1. The van der Waals surface area contributed by atoms with Gasteiger partial charge in [-0.05, 0) is 55.3 Å². The van der Waals surface area contributed by atoms with E-state index in [9.17, 15) is 18.3 Å². The Morgan fingerprint density at radius 3 is 2.60 bits per heavy atom. The van der Waals surface area contributed by atoms with E-state index < -0.39 is 16.0 Å². The third-order valence-corrected chi connectivity index (χ3v) is 9.62. The third-order valence-electron chi connectivity index (χ3n) is 6.73. The van der Waals surface area contributed by atoms with Crippen LogP contribution in [-0.2, 0) is 10.0 Å². The third kappa shape index (κ3) is 5.06. The van der Waals surface area contributed by atoms with Crippen molar-refractivity contribution in [2.75, 3.05) is 18.4 Å². The van der Waals surface area contributed by atoms with Crippen LogP contribution < -0.4 is 5.32 Å². The molecule has 6 rings (SSSR count). The lowest BCUT2D eigenvalue weighted by Gasteiger charge is -2.32. The first-order valence-electron chi connectivity index (χ1n) is 12.4. The fourth-order valence-electron chi connectivity index (χ4n) is 4.78. The van der Waals surface area contributed by atoms with Gasteiger partial charge in [-0.3, -0.25) is 4.40 Å². The second-order valence-corrected chi connectivity index (χ2v) is 12.6. The van der Waals surface area contributed by atoms with Crippen molar-refractivity contribution in [3.63, 3.8) is 0 Å². The van der Waals surface area contributed by atoms with Crippen LogP contribution in [0.15, 0.2) is 77.3 Å². The molecule has 10 nitrogen and oxygen atoms in total. The van der Waals surface area contributed by atoms with E-state index in [-0.39, 0.29) is 23.0 Å². The maximum Gasteiger partial charge on any atom is 0.335 e. The largest absolute Gasteiger partial charge is 0.478 e. The highest BCUT2D eigenvalue weighted by atomic mass is 35.5. The van der Waals surface area contributed by atoms with E-state index in [2.05, 4.69) is 10.3 Å². The molecule has 1 aliphatic heterocycles. The minimum Gasteiger partial charge on any atom is -0.478 e. The van der Waals surface area contributed by atoms with Gasteiger partial charge in [0.1, 0.15) is 5.69 Å². The first-order chi connectivity index (χ1) is 19.3. The van der Waals surface area contributed by atoms with Crippen LogP contribution in [0.5, 0.6) is 0 Å². The van der Waals surface area contributed by atoms with Crippen molar-refractivity contribution in [1.29, 1.82) is 0 Å². The van der Waals surface area contributed by atoms with Gasteiger partial charge in [0.05, 0.1) is 21.8 Å². The van der Waals surface area contributed by atoms with Crippen LogP contribution in [0.25, 0.3) is 27.6 Å². The zero-order valence-electron chi connectivity index (χ0n) is 20.9. The number of anilines is 1. The zero-order valence-corrected chi connectivity index (χ0v) is 23.3. The van der Waals surface area contributed by atoms with Crippen molar-refractivity contribution in [2.24, 2.45) is 0 Å². The number of fused-ring (bicyclic) bond motifs is 1. The SMILES string of the molecule is O=C(O)c1ccc(-c2nc3sccn3c2-c2ccnc(N[C@@H]3CCCN(S(=O)(=O)c4ccc(Cl)cc4)C3)n2)cc1. The number of piperidine rings is 1. The quantitative estimate of drug-likeness (QED) is 0.265. The summed E-state index contributed by atoms with van der Waals surface area (Å²) in [5, 5.41) is 15.0. The van der Waals surface area contributed by atoms with Crippen molar-refractivity contribution < 1.29 is 18.3 Å². The molecule has 40 heavy (non-hydrogen) atoms. The van der Waals surface area contributed by atoms with Gasteiger partial charge in [-0.2, -0.15) is 4.31 Å². The number of aromatic carboxylic acids is 1. The van der Waals surface area contributed by atoms with Crippen LogP contribution in [0.3, 0.4) is 0 Å². The number of rotatable bonds is 7. The normalized spacial score (nSPS) is 16.3. The molecule has 1 saturated heterocycles. The van der Waals surface area contributed by atoms with E-state index in [1.54, 1.807) is 48.7 Å². The van der Waals surface area contributed by atoms with E-state index in [0.717, 1.165) is 22.6 Å². The average molecular weight is 595 g/mol. The molecule has 0 bridgehead atoms. The Balaban J connectivity index is 1.27. The summed E-state index contributed by atoms with van der Waals surface area (Å²) in [6, 6.07) is 14.4. The van der Waals surface area contributed by atoms with Crippen molar-refractivity contribution in [2.45, 2.75) is 23.8 Å². The number of nitrogens with one attached hydrogen (secondary N) is 1. The van der Waals surface area contributed by atoms with Gasteiger partial charge in [0, 0.05) is 47.5 Å². The molecular weight excluding hydrogens is 572 g/mol. The number of sulfonamides is 1. The smallest absolute Gasteiger partial charge is 0.335 e. The highest BCUT2D eigenvalue weighted by Gasteiger charge is 2.30. The monoisotopic (exact) mass is 594 g/mol. The van der Waals surface area contributed by atoms with Gasteiger partial charge in [-0.1, -0.05) is 23.7 Å². The lowest BCUT2D eigenvalue weighted by atomic mass is 10.1. The summed E-state index contributed by atoms with van der Waals surface area (Å²) < 4.78 is 29.9. The number of hydrogen-bond donors (Lipinski definition) is 2. The number of nitrogens with zero attached hydrogens (tertiary/aromatic N) is 5. The van der Waals surface area contributed by atoms with Crippen LogP contribution in [0, 0.1) is 0 Å². The molecule has 0 amide bonds. The second kappa shape index (κ2) is 10.6. The molecule has 0 saturated carbocycles. The first kappa shape index (κ1) is 26.4. The number of halogens is 1. The van der Waals surface area contributed by atoms with Crippen molar-refractivity contribution >= 4 is 49.8 Å². The minimum atomic E-state index is -3.66. The number of hydrogen-bond acceptors (Lipinski definition) is 8. The first-order valence-corrected chi connectivity index (χ1v) is 15.1. The van der Waals surface area contributed by atoms with Gasteiger partial charge in [-0.15, -0.1) is 11.3 Å². The van der Waals surface area contributed by atoms with E-state index >= 15 is 0 Å². The zero-order chi connectivity index (χ0) is 27.9. The predicted molar refractivity (Wildman–Crippen MR) is 153 cm³/mol. The van der Waals surface area contributed by atoms with Gasteiger partial charge in [0.15, 0.2) is 4.96 Å². The van der Waals surface area contributed by atoms with Crippen LogP contribution in [0.4, 0.5) is 5.95 Å². The highest BCUT2D eigenvalue weighted by molar-refractivity contribution is 7.89. The molecule has 0 radical (unpaired) electrons. The topological polar surface area (TPSA) is 130 Å². The van der Waals surface area contributed by atoms with E-state index in [0.29, 0.717) is 35.3 Å². The molecule has 204 valence electrons. The summed E-state index contributed by atoms with van der Waals surface area (Å²) in [5.41, 5.74) is 3.01. The molecule has 3 aromatic heterocycles. The molecule has 1 fully saturated rings. The molecule has 1 atom stereocenters. The van der Waals surface area contributed by atoms with Gasteiger partial charge in [0.2, 0.25) is 16.0 Å². The maximum absolute atomic E-state index is 13.2. The van der Waals surface area contributed by atoms with Crippen LogP contribution in [-0.4, -0.2) is 62.3 Å². The molecule has 5 aromatic rings. The van der Waals surface area contributed by atoms with Gasteiger partial charge in [0.25, 0.3) is 0 Å². The molecule has 0 unspecified atom stereocenters. The average Bonchev–Trinajstić information content (AvgIpc) is 3.55. The van der Waals surface area contributed by atoms with Crippen molar-refractivity contribution in [3.05, 3.63) is 83.0 Å². The van der Waals surface area contributed by atoms with Crippen molar-refractivity contribution in [1.82, 2.24) is 23.7 Å². The number of carboxylic acids is 1. The number of carboxylic acid groups (broad SMARTS) is 1.